The number of carbonyl (C=O) groups excluding carboxylic acids is 1. The summed E-state index contributed by atoms with van der Waals surface area (Å²) in [7, 11) is 0. The molecule has 3 nitrogen and oxygen atoms in total. The third-order valence-electron chi connectivity index (χ3n) is 3.05. The predicted octanol–water partition coefficient (Wildman–Crippen LogP) is 2.34. The molecule has 0 radical (unpaired) electrons. The maximum atomic E-state index is 12.8. The van der Waals surface area contributed by atoms with E-state index in [1.165, 1.54) is 12.1 Å². The number of rotatable bonds is 6. The summed E-state index contributed by atoms with van der Waals surface area (Å²) in [5.74, 6) is -0.154. The Kier molecular flexibility index (Phi) is 5.78. The molecule has 1 aromatic carbocycles. The molecule has 1 rings (SSSR count). The number of benzene rings is 1. The van der Waals surface area contributed by atoms with E-state index in [0.717, 1.165) is 18.7 Å². The van der Waals surface area contributed by atoms with Gasteiger partial charge in [0.2, 0.25) is 5.91 Å². The minimum absolute atomic E-state index is 0.0325. The molecule has 0 fully saturated rings. The Morgan fingerprint density at radius 2 is 1.83 bits per heavy atom. The van der Waals surface area contributed by atoms with Crippen LogP contribution in [-0.2, 0) is 4.79 Å². The summed E-state index contributed by atoms with van der Waals surface area (Å²) in [6.07, 6.45) is 0. The first kappa shape index (κ1) is 14.6. The molecule has 0 saturated heterocycles. The van der Waals surface area contributed by atoms with Crippen LogP contribution < -0.4 is 5.32 Å². The Bertz CT molecular complexity index is 374. The van der Waals surface area contributed by atoms with E-state index in [9.17, 15) is 9.18 Å². The topological polar surface area (TPSA) is 32.3 Å². The van der Waals surface area contributed by atoms with E-state index in [2.05, 4.69) is 5.32 Å². The number of likely N-dealkylation sites (N-methyl/N-ethyl adjacent to an activating group) is 1. The summed E-state index contributed by atoms with van der Waals surface area (Å²) < 4.78 is 12.8. The fraction of sp³-hybridized carbons (Fsp3) is 0.500. The van der Waals surface area contributed by atoms with Crippen molar-refractivity contribution in [1.29, 1.82) is 0 Å². The number of nitrogens with one attached hydrogen (secondary N) is 1. The quantitative estimate of drug-likeness (QED) is 0.843. The zero-order chi connectivity index (χ0) is 13.5. The van der Waals surface area contributed by atoms with Crippen molar-refractivity contribution in [1.82, 2.24) is 10.2 Å². The molecule has 0 saturated carbocycles. The Labute approximate surface area is 108 Å². The maximum Gasteiger partial charge on any atom is 0.236 e. The highest BCUT2D eigenvalue weighted by molar-refractivity contribution is 5.78. The van der Waals surface area contributed by atoms with Gasteiger partial charge < -0.3 is 10.2 Å². The van der Waals surface area contributed by atoms with Crippen LogP contribution in [0.5, 0.6) is 0 Å². The molecular formula is C14H21FN2O. The molecule has 0 aliphatic heterocycles. The van der Waals surface area contributed by atoms with Crippen molar-refractivity contribution < 1.29 is 9.18 Å². The molecule has 0 bridgehead atoms. The maximum absolute atomic E-state index is 12.8. The summed E-state index contributed by atoms with van der Waals surface area (Å²) in [4.78, 5) is 13.6. The lowest BCUT2D eigenvalue weighted by atomic mass is 10.1. The second kappa shape index (κ2) is 7.11. The van der Waals surface area contributed by atoms with E-state index in [1.54, 1.807) is 17.0 Å². The van der Waals surface area contributed by atoms with Crippen LogP contribution >= 0.6 is 0 Å². The van der Waals surface area contributed by atoms with Crippen molar-refractivity contribution in [3.05, 3.63) is 35.6 Å². The van der Waals surface area contributed by atoms with Gasteiger partial charge >= 0.3 is 0 Å². The van der Waals surface area contributed by atoms with Crippen LogP contribution in [0, 0.1) is 5.82 Å². The van der Waals surface area contributed by atoms with E-state index in [0.29, 0.717) is 6.54 Å². The molecular weight excluding hydrogens is 231 g/mol. The summed E-state index contributed by atoms with van der Waals surface area (Å²) >= 11 is 0. The number of amides is 1. The smallest absolute Gasteiger partial charge is 0.236 e. The predicted molar refractivity (Wildman–Crippen MR) is 70.7 cm³/mol. The highest BCUT2D eigenvalue weighted by Gasteiger charge is 2.11. The molecule has 1 amide bonds. The van der Waals surface area contributed by atoms with Crippen molar-refractivity contribution >= 4 is 5.91 Å². The van der Waals surface area contributed by atoms with Gasteiger partial charge in [-0.25, -0.2) is 4.39 Å². The minimum Gasteiger partial charge on any atom is -0.342 e. The molecule has 1 N–H and O–H groups in total. The molecule has 0 unspecified atom stereocenters. The SMILES string of the molecule is CCN(CC)C(=O)CN[C@@H](C)c1ccc(F)cc1. The van der Waals surface area contributed by atoms with Gasteiger partial charge in [0.25, 0.3) is 0 Å². The summed E-state index contributed by atoms with van der Waals surface area (Å²) in [5.41, 5.74) is 0.976. The number of carbonyl (C=O) groups is 1. The van der Waals surface area contributed by atoms with Gasteiger partial charge in [-0.1, -0.05) is 12.1 Å². The number of halogens is 1. The summed E-state index contributed by atoms with van der Waals surface area (Å²) in [6, 6.07) is 6.36. The lowest BCUT2D eigenvalue weighted by Gasteiger charge is -2.21. The lowest BCUT2D eigenvalue weighted by Crippen LogP contribution is -2.38. The minimum atomic E-state index is -0.245. The average molecular weight is 252 g/mol. The van der Waals surface area contributed by atoms with Gasteiger partial charge in [-0.3, -0.25) is 4.79 Å². The molecule has 0 aliphatic carbocycles. The van der Waals surface area contributed by atoms with Crippen molar-refractivity contribution in [3.63, 3.8) is 0 Å². The van der Waals surface area contributed by atoms with Crippen molar-refractivity contribution in [2.45, 2.75) is 26.8 Å². The zero-order valence-electron chi connectivity index (χ0n) is 11.2. The van der Waals surface area contributed by atoms with Gasteiger partial charge in [-0.15, -0.1) is 0 Å². The van der Waals surface area contributed by atoms with E-state index in [4.69, 9.17) is 0 Å². The van der Waals surface area contributed by atoms with E-state index >= 15 is 0 Å². The van der Waals surface area contributed by atoms with Crippen molar-refractivity contribution in [3.8, 4) is 0 Å². The monoisotopic (exact) mass is 252 g/mol. The van der Waals surface area contributed by atoms with Crippen LogP contribution in [0.25, 0.3) is 0 Å². The Hall–Kier alpha value is -1.42. The fourth-order valence-corrected chi connectivity index (χ4v) is 1.80. The Morgan fingerprint density at radius 1 is 1.28 bits per heavy atom. The van der Waals surface area contributed by atoms with Gasteiger partial charge in [-0.05, 0) is 38.5 Å². The third-order valence-corrected chi connectivity index (χ3v) is 3.05. The number of nitrogens with zero attached hydrogens (tertiary/aromatic N) is 1. The van der Waals surface area contributed by atoms with Crippen LogP contribution in [0.4, 0.5) is 4.39 Å². The average Bonchev–Trinajstić information content (AvgIpc) is 2.38. The Balaban J connectivity index is 2.48. The number of hydrogen-bond acceptors (Lipinski definition) is 2. The first-order chi connectivity index (χ1) is 8.58. The van der Waals surface area contributed by atoms with Gasteiger partial charge in [0, 0.05) is 19.1 Å². The standard InChI is InChI=1S/C14H21FN2O/c1-4-17(5-2)14(18)10-16-11(3)12-6-8-13(15)9-7-12/h6-9,11,16H,4-5,10H2,1-3H3/t11-/m0/s1. The second-order valence-electron chi connectivity index (χ2n) is 4.22. The highest BCUT2D eigenvalue weighted by Crippen LogP contribution is 2.12. The normalized spacial score (nSPS) is 12.2. The fourth-order valence-electron chi connectivity index (χ4n) is 1.80. The van der Waals surface area contributed by atoms with Gasteiger partial charge in [0.1, 0.15) is 5.82 Å². The molecule has 0 spiro atoms. The number of hydrogen-bond donors (Lipinski definition) is 1. The second-order valence-corrected chi connectivity index (χ2v) is 4.22. The zero-order valence-corrected chi connectivity index (χ0v) is 11.2. The van der Waals surface area contributed by atoms with Crippen LogP contribution in [0.3, 0.4) is 0 Å². The highest BCUT2D eigenvalue weighted by atomic mass is 19.1. The summed E-state index contributed by atoms with van der Waals surface area (Å²) in [5, 5.41) is 3.15. The molecule has 18 heavy (non-hydrogen) atoms. The van der Waals surface area contributed by atoms with Crippen molar-refractivity contribution in [2.24, 2.45) is 0 Å². The van der Waals surface area contributed by atoms with Crippen LogP contribution in [0.1, 0.15) is 32.4 Å². The van der Waals surface area contributed by atoms with E-state index in [-0.39, 0.29) is 17.8 Å². The molecule has 1 aromatic rings. The molecule has 4 heteroatoms. The van der Waals surface area contributed by atoms with Crippen molar-refractivity contribution in [2.75, 3.05) is 19.6 Å². The van der Waals surface area contributed by atoms with Crippen LogP contribution in [0.15, 0.2) is 24.3 Å². The molecule has 1 atom stereocenters. The first-order valence-electron chi connectivity index (χ1n) is 6.35. The van der Waals surface area contributed by atoms with Crippen LogP contribution in [0.2, 0.25) is 0 Å². The molecule has 100 valence electrons. The van der Waals surface area contributed by atoms with E-state index in [1.807, 2.05) is 20.8 Å². The lowest BCUT2D eigenvalue weighted by molar-refractivity contribution is -0.129. The van der Waals surface area contributed by atoms with Gasteiger partial charge in [-0.2, -0.15) is 0 Å². The summed E-state index contributed by atoms with van der Waals surface area (Å²) in [6.45, 7) is 7.64. The molecule has 0 heterocycles. The molecule has 0 aromatic heterocycles. The first-order valence-corrected chi connectivity index (χ1v) is 6.35. The van der Waals surface area contributed by atoms with Crippen LogP contribution in [-0.4, -0.2) is 30.4 Å². The Morgan fingerprint density at radius 3 is 2.33 bits per heavy atom. The third kappa shape index (κ3) is 4.11. The van der Waals surface area contributed by atoms with Gasteiger partial charge in [0.05, 0.1) is 6.54 Å². The molecule has 0 aliphatic rings. The largest absolute Gasteiger partial charge is 0.342 e. The van der Waals surface area contributed by atoms with Gasteiger partial charge in [0.15, 0.2) is 0 Å². The van der Waals surface area contributed by atoms with E-state index < -0.39 is 0 Å².